The molecule has 0 aromatic rings. The predicted molar refractivity (Wildman–Crippen MR) is 38.7 cm³/mol. The van der Waals surface area contributed by atoms with Crippen LogP contribution in [-0.4, -0.2) is 41.5 Å². The Balaban J connectivity index is 1.72. The Labute approximate surface area is 72.1 Å². The lowest BCUT2D eigenvalue weighted by Crippen LogP contribution is -2.17. The largest absolute Gasteiger partial charge is 0.365 e. The quantitative estimate of drug-likeness (QED) is 0.427. The molecule has 4 fully saturated rings. The highest BCUT2D eigenvalue weighted by Crippen LogP contribution is 2.55. The molecule has 1 saturated carbocycles. The molecule has 0 radical (unpaired) electrons. The van der Waals surface area contributed by atoms with Crippen molar-refractivity contribution < 1.29 is 14.2 Å². The van der Waals surface area contributed by atoms with Crippen LogP contribution in [0.3, 0.4) is 0 Å². The lowest BCUT2D eigenvalue weighted by Gasteiger charge is -1.98. The van der Waals surface area contributed by atoms with E-state index in [0.29, 0.717) is 41.5 Å². The van der Waals surface area contributed by atoms with E-state index < -0.39 is 0 Å². The summed E-state index contributed by atoms with van der Waals surface area (Å²) >= 11 is 3.59. The Bertz CT molecular complexity index is 208. The van der Waals surface area contributed by atoms with Crippen molar-refractivity contribution in [3.8, 4) is 0 Å². The van der Waals surface area contributed by atoms with Gasteiger partial charge in [-0.15, -0.1) is 0 Å². The van der Waals surface area contributed by atoms with Crippen molar-refractivity contribution >= 4 is 15.9 Å². The van der Waals surface area contributed by atoms with E-state index in [4.69, 9.17) is 14.2 Å². The van der Waals surface area contributed by atoms with E-state index in [-0.39, 0.29) is 0 Å². The molecule has 0 spiro atoms. The van der Waals surface area contributed by atoms with Crippen LogP contribution in [0.25, 0.3) is 0 Å². The Hall–Kier alpha value is 0.360. The van der Waals surface area contributed by atoms with Crippen molar-refractivity contribution in [1.29, 1.82) is 0 Å². The van der Waals surface area contributed by atoms with Gasteiger partial charge in [0.1, 0.15) is 36.6 Å². The smallest absolute Gasteiger partial charge is 0.116 e. The molecular weight excluding hydrogens is 212 g/mol. The molecule has 3 nitrogen and oxygen atoms in total. The summed E-state index contributed by atoms with van der Waals surface area (Å²) in [6.45, 7) is 0. The highest BCUT2D eigenvalue weighted by Gasteiger charge is 2.73. The Kier molecular flexibility index (Phi) is 0.822. The average Bonchev–Trinajstić information content (AvgIpc) is 2.81. The van der Waals surface area contributed by atoms with Crippen molar-refractivity contribution in [2.24, 2.45) is 0 Å². The van der Waals surface area contributed by atoms with Gasteiger partial charge in [0.2, 0.25) is 0 Å². The highest BCUT2D eigenvalue weighted by molar-refractivity contribution is 9.09. The summed E-state index contributed by atoms with van der Waals surface area (Å²) in [5, 5.41) is 0. The normalized spacial score (nSPS) is 75.5. The number of fused-ring (bicyclic) bond motifs is 5. The molecule has 0 bridgehead atoms. The first kappa shape index (κ1) is 5.91. The van der Waals surface area contributed by atoms with Crippen LogP contribution in [0.4, 0.5) is 0 Å². The van der Waals surface area contributed by atoms with Crippen LogP contribution >= 0.6 is 15.9 Å². The molecular formula is C7H7BrO3. The fourth-order valence-electron chi connectivity index (χ4n) is 2.17. The van der Waals surface area contributed by atoms with Gasteiger partial charge in [0, 0.05) is 0 Å². The van der Waals surface area contributed by atoms with E-state index >= 15 is 0 Å². The number of alkyl halides is 1. The lowest BCUT2D eigenvalue weighted by atomic mass is 10.2. The summed E-state index contributed by atoms with van der Waals surface area (Å²) in [6, 6.07) is 0. The van der Waals surface area contributed by atoms with Crippen molar-refractivity contribution in [2.75, 3.05) is 0 Å². The van der Waals surface area contributed by atoms with Crippen LogP contribution < -0.4 is 0 Å². The summed E-state index contributed by atoms with van der Waals surface area (Å²) in [7, 11) is 0. The predicted octanol–water partition coefficient (Wildman–Crippen LogP) is 0.0657. The van der Waals surface area contributed by atoms with Gasteiger partial charge in [0.15, 0.2) is 0 Å². The van der Waals surface area contributed by atoms with Crippen LogP contribution in [-0.2, 0) is 14.2 Å². The third-order valence-electron chi connectivity index (χ3n) is 2.96. The molecule has 0 aromatic carbocycles. The second kappa shape index (κ2) is 1.53. The van der Waals surface area contributed by atoms with E-state index in [2.05, 4.69) is 15.9 Å². The molecule has 3 heterocycles. The molecule has 0 N–H and O–H groups in total. The van der Waals surface area contributed by atoms with Crippen molar-refractivity contribution in [2.45, 2.75) is 41.5 Å². The third-order valence-corrected chi connectivity index (χ3v) is 4.00. The summed E-state index contributed by atoms with van der Waals surface area (Å²) in [4.78, 5) is 0.411. The number of hydrogen-bond acceptors (Lipinski definition) is 3. The Morgan fingerprint density at radius 3 is 1.55 bits per heavy atom. The Morgan fingerprint density at radius 1 is 0.636 bits per heavy atom. The molecule has 4 aliphatic rings. The van der Waals surface area contributed by atoms with Gasteiger partial charge in [0.05, 0.1) is 4.83 Å². The monoisotopic (exact) mass is 218 g/mol. The van der Waals surface area contributed by atoms with E-state index in [9.17, 15) is 0 Å². The van der Waals surface area contributed by atoms with Crippen molar-refractivity contribution in [1.82, 2.24) is 0 Å². The molecule has 60 valence electrons. The topological polar surface area (TPSA) is 37.6 Å². The van der Waals surface area contributed by atoms with E-state index in [1.54, 1.807) is 0 Å². The van der Waals surface area contributed by atoms with Gasteiger partial charge >= 0.3 is 0 Å². The number of rotatable bonds is 0. The molecule has 7 atom stereocenters. The highest BCUT2D eigenvalue weighted by atomic mass is 79.9. The molecule has 1 aliphatic carbocycles. The maximum atomic E-state index is 5.47. The minimum atomic E-state index is 0.359. The van der Waals surface area contributed by atoms with Crippen LogP contribution in [0.15, 0.2) is 0 Å². The van der Waals surface area contributed by atoms with Crippen molar-refractivity contribution in [3.63, 3.8) is 0 Å². The lowest BCUT2D eigenvalue weighted by molar-refractivity contribution is 0.281. The van der Waals surface area contributed by atoms with E-state index in [1.165, 1.54) is 0 Å². The first-order valence-corrected chi connectivity index (χ1v) is 4.88. The molecule has 4 heteroatoms. The van der Waals surface area contributed by atoms with Crippen LogP contribution in [0, 0.1) is 0 Å². The van der Waals surface area contributed by atoms with E-state index in [0.717, 1.165) is 0 Å². The summed E-state index contributed by atoms with van der Waals surface area (Å²) in [6.07, 6.45) is 2.20. The molecule has 3 aliphatic heterocycles. The zero-order chi connectivity index (χ0) is 7.16. The minimum Gasteiger partial charge on any atom is -0.365 e. The summed E-state index contributed by atoms with van der Waals surface area (Å²) < 4.78 is 16.4. The fraction of sp³-hybridized carbons (Fsp3) is 1.00. The number of hydrogen-bond donors (Lipinski definition) is 0. The van der Waals surface area contributed by atoms with Crippen LogP contribution in [0.2, 0.25) is 0 Å². The zero-order valence-corrected chi connectivity index (χ0v) is 7.23. The van der Waals surface area contributed by atoms with Crippen LogP contribution in [0.1, 0.15) is 0 Å². The molecule has 11 heavy (non-hydrogen) atoms. The number of ether oxygens (including phenoxy) is 3. The minimum absolute atomic E-state index is 0.359. The van der Waals surface area contributed by atoms with Gasteiger partial charge in [-0.25, -0.2) is 0 Å². The van der Waals surface area contributed by atoms with Gasteiger partial charge in [-0.2, -0.15) is 0 Å². The standard InChI is InChI=1S/C7H7BrO3/c8-1-2-4(9-2)6-7(11-6)5-3(1)10-5/h1-7H/t1?,2-,3+,4-,5+,6-,7+. The average molecular weight is 219 g/mol. The second-order valence-corrected chi connectivity index (χ2v) is 4.70. The number of halogens is 1. The van der Waals surface area contributed by atoms with Gasteiger partial charge < -0.3 is 14.2 Å². The first-order chi connectivity index (χ1) is 5.36. The van der Waals surface area contributed by atoms with Crippen LogP contribution in [0.5, 0.6) is 0 Å². The molecule has 1 unspecified atom stereocenters. The molecule has 4 rings (SSSR count). The van der Waals surface area contributed by atoms with Gasteiger partial charge in [-0.05, 0) is 0 Å². The molecule has 0 aromatic heterocycles. The summed E-state index contributed by atoms with van der Waals surface area (Å²) in [5.74, 6) is 0. The Morgan fingerprint density at radius 2 is 1.00 bits per heavy atom. The fourth-order valence-corrected chi connectivity index (χ4v) is 3.02. The maximum absolute atomic E-state index is 5.47. The molecule has 0 amide bonds. The maximum Gasteiger partial charge on any atom is 0.116 e. The zero-order valence-electron chi connectivity index (χ0n) is 5.64. The van der Waals surface area contributed by atoms with Gasteiger partial charge in [-0.1, -0.05) is 15.9 Å². The number of epoxide rings is 3. The molecule has 3 saturated heterocycles. The van der Waals surface area contributed by atoms with Gasteiger partial charge in [0.25, 0.3) is 0 Å². The SMILES string of the molecule is BrC1[C@H]2O[C@H]2[C@H]2O[C@H]2[C@H]2O[C@@H]12. The summed E-state index contributed by atoms with van der Waals surface area (Å²) in [5.41, 5.74) is 0. The van der Waals surface area contributed by atoms with Crippen molar-refractivity contribution in [3.05, 3.63) is 0 Å². The van der Waals surface area contributed by atoms with E-state index in [1.807, 2.05) is 0 Å². The van der Waals surface area contributed by atoms with Gasteiger partial charge in [-0.3, -0.25) is 0 Å². The first-order valence-electron chi connectivity index (χ1n) is 3.97. The third kappa shape index (κ3) is 0.613. The second-order valence-electron chi connectivity index (χ2n) is 3.64.